The molecule has 1 aliphatic carbocycles. The molecule has 0 spiro atoms. The van der Waals surface area contributed by atoms with Gasteiger partial charge in [-0.1, -0.05) is 30.2 Å². The first-order chi connectivity index (χ1) is 8.83. The standard InChI is InChI=1S/C16H21NO/c18-15-8-6-13(7-9-15)12-14-4-1-2-5-16(14)17-10-3-11-17/h6-9,12,16,18H,1-5,10-11H2. The summed E-state index contributed by atoms with van der Waals surface area (Å²) in [6.07, 6.45) is 8.96. The second-order valence-electron chi connectivity index (χ2n) is 5.46. The van der Waals surface area contributed by atoms with Crippen LogP contribution in [0.4, 0.5) is 0 Å². The highest BCUT2D eigenvalue weighted by atomic mass is 16.3. The first kappa shape index (κ1) is 11.8. The van der Waals surface area contributed by atoms with Crippen LogP contribution >= 0.6 is 0 Å². The molecule has 2 aliphatic rings. The Morgan fingerprint density at radius 3 is 2.50 bits per heavy atom. The molecule has 0 aromatic heterocycles. The van der Waals surface area contributed by atoms with Gasteiger partial charge < -0.3 is 5.11 Å². The molecule has 1 heterocycles. The molecule has 2 heteroatoms. The normalized spacial score (nSPS) is 27.1. The fraction of sp³-hybridized carbons (Fsp3) is 0.500. The molecule has 1 saturated heterocycles. The molecule has 0 radical (unpaired) electrons. The highest BCUT2D eigenvalue weighted by Gasteiger charge is 2.28. The summed E-state index contributed by atoms with van der Waals surface area (Å²) in [7, 11) is 0. The van der Waals surface area contributed by atoms with Gasteiger partial charge in [0, 0.05) is 6.04 Å². The number of aromatic hydroxyl groups is 1. The summed E-state index contributed by atoms with van der Waals surface area (Å²) in [6.45, 7) is 2.55. The first-order valence-electron chi connectivity index (χ1n) is 7.06. The SMILES string of the molecule is Oc1ccc(C=C2CCCCC2N2CCC2)cc1. The van der Waals surface area contributed by atoms with Crippen molar-refractivity contribution in [1.29, 1.82) is 0 Å². The van der Waals surface area contributed by atoms with Gasteiger partial charge in [0.25, 0.3) is 0 Å². The molecule has 0 amide bonds. The third-order valence-electron chi connectivity index (χ3n) is 4.20. The largest absolute Gasteiger partial charge is 0.508 e. The van der Waals surface area contributed by atoms with Crippen molar-refractivity contribution in [2.75, 3.05) is 13.1 Å². The van der Waals surface area contributed by atoms with Crippen molar-refractivity contribution in [1.82, 2.24) is 4.90 Å². The monoisotopic (exact) mass is 243 g/mol. The van der Waals surface area contributed by atoms with Gasteiger partial charge in [-0.05, 0) is 56.5 Å². The third-order valence-corrected chi connectivity index (χ3v) is 4.20. The molecular weight excluding hydrogens is 222 g/mol. The van der Waals surface area contributed by atoms with Crippen LogP contribution in [0.5, 0.6) is 5.75 Å². The van der Waals surface area contributed by atoms with E-state index in [9.17, 15) is 5.11 Å². The summed E-state index contributed by atoms with van der Waals surface area (Å²) < 4.78 is 0. The Bertz CT molecular complexity index is 431. The van der Waals surface area contributed by atoms with Gasteiger partial charge in [-0.3, -0.25) is 4.90 Å². The molecule has 1 unspecified atom stereocenters. The van der Waals surface area contributed by atoms with Crippen LogP contribution in [0.15, 0.2) is 29.8 Å². The third kappa shape index (κ3) is 2.44. The van der Waals surface area contributed by atoms with E-state index in [2.05, 4.69) is 11.0 Å². The summed E-state index contributed by atoms with van der Waals surface area (Å²) in [5.74, 6) is 0.347. The summed E-state index contributed by atoms with van der Waals surface area (Å²) >= 11 is 0. The van der Waals surface area contributed by atoms with E-state index in [0.717, 1.165) is 0 Å². The molecule has 1 aromatic rings. The van der Waals surface area contributed by atoms with Crippen LogP contribution in [0, 0.1) is 0 Å². The smallest absolute Gasteiger partial charge is 0.115 e. The Hall–Kier alpha value is -1.28. The predicted octanol–water partition coefficient (Wildman–Crippen LogP) is 3.42. The number of nitrogens with zero attached hydrogens (tertiary/aromatic N) is 1. The molecule has 1 aromatic carbocycles. The quantitative estimate of drug-likeness (QED) is 0.860. The Morgan fingerprint density at radius 2 is 1.83 bits per heavy atom. The van der Waals surface area contributed by atoms with Crippen molar-refractivity contribution in [2.45, 2.75) is 38.1 Å². The van der Waals surface area contributed by atoms with Crippen LogP contribution in [-0.4, -0.2) is 29.1 Å². The van der Waals surface area contributed by atoms with Gasteiger partial charge in [-0.15, -0.1) is 0 Å². The van der Waals surface area contributed by atoms with E-state index in [1.807, 2.05) is 12.1 Å². The van der Waals surface area contributed by atoms with Gasteiger partial charge >= 0.3 is 0 Å². The number of rotatable bonds is 2. The van der Waals surface area contributed by atoms with Crippen LogP contribution in [0.1, 0.15) is 37.7 Å². The lowest BCUT2D eigenvalue weighted by Gasteiger charge is -2.42. The van der Waals surface area contributed by atoms with E-state index < -0.39 is 0 Å². The lowest BCUT2D eigenvalue weighted by molar-refractivity contribution is 0.121. The molecule has 1 atom stereocenters. The molecule has 96 valence electrons. The van der Waals surface area contributed by atoms with E-state index in [-0.39, 0.29) is 0 Å². The fourth-order valence-electron chi connectivity index (χ4n) is 3.04. The number of hydrogen-bond donors (Lipinski definition) is 1. The summed E-state index contributed by atoms with van der Waals surface area (Å²) in [5, 5.41) is 9.32. The maximum atomic E-state index is 9.32. The topological polar surface area (TPSA) is 23.5 Å². The predicted molar refractivity (Wildman–Crippen MR) is 74.5 cm³/mol. The molecule has 1 aliphatic heterocycles. The number of likely N-dealkylation sites (tertiary alicyclic amines) is 1. The zero-order valence-corrected chi connectivity index (χ0v) is 10.8. The Labute approximate surface area is 109 Å². The lowest BCUT2D eigenvalue weighted by Crippen LogP contribution is -2.46. The van der Waals surface area contributed by atoms with Gasteiger partial charge in [-0.25, -0.2) is 0 Å². The highest BCUT2D eigenvalue weighted by Crippen LogP contribution is 2.32. The maximum Gasteiger partial charge on any atom is 0.115 e. The second kappa shape index (κ2) is 5.15. The number of benzene rings is 1. The molecular formula is C16H21NO. The number of phenols is 1. The average Bonchev–Trinajstić information content (AvgIpc) is 2.32. The highest BCUT2D eigenvalue weighted by molar-refractivity contribution is 5.55. The lowest BCUT2D eigenvalue weighted by atomic mass is 9.86. The van der Waals surface area contributed by atoms with Crippen LogP contribution in [0.2, 0.25) is 0 Å². The zero-order chi connectivity index (χ0) is 12.4. The summed E-state index contributed by atoms with van der Waals surface area (Å²) in [5.41, 5.74) is 2.81. The van der Waals surface area contributed by atoms with E-state index in [1.54, 1.807) is 17.7 Å². The van der Waals surface area contributed by atoms with Crippen molar-refractivity contribution in [2.24, 2.45) is 0 Å². The van der Waals surface area contributed by atoms with E-state index in [4.69, 9.17) is 0 Å². The molecule has 2 fully saturated rings. The van der Waals surface area contributed by atoms with Gasteiger partial charge in [0.1, 0.15) is 5.75 Å². The fourth-order valence-corrected chi connectivity index (χ4v) is 3.04. The Morgan fingerprint density at radius 1 is 1.06 bits per heavy atom. The average molecular weight is 243 g/mol. The molecule has 0 bridgehead atoms. The van der Waals surface area contributed by atoms with E-state index in [0.29, 0.717) is 11.8 Å². The van der Waals surface area contributed by atoms with Crippen molar-refractivity contribution < 1.29 is 5.11 Å². The zero-order valence-electron chi connectivity index (χ0n) is 10.8. The summed E-state index contributed by atoms with van der Waals surface area (Å²) in [4.78, 5) is 2.62. The van der Waals surface area contributed by atoms with E-state index in [1.165, 1.54) is 50.8 Å². The molecule has 1 saturated carbocycles. The minimum absolute atomic E-state index is 0.347. The Balaban J connectivity index is 1.80. The molecule has 1 N–H and O–H groups in total. The molecule has 18 heavy (non-hydrogen) atoms. The van der Waals surface area contributed by atoms with Crippen molar-refractivity contribution in [3.8, 4) is 5.75 Å². The Kier molecular flexibility index (Phi) is 3.37. The molecule has 3 rings (SSSR count). The first-order valence-corrected chi connectivity index (χ1v) is 7.06. The van der Waals surface area contributed by atoms with Crippen molar-refractivity contribution >= 4 is 6.08 Å². The number of hydrogen-bond acceptors (Lipinski definition) is 2. The van der Waals surface area contributed by atoms with Crippen LogP contribution in [0.25, 0.3) is 6.08 Å². The van der Waals surface area contributed by atoms with Crippen LogP contribution in [0.3, 0.4) is 0 Å². The van der Waals surface area contributed by atoms with E-state index >= 15 is 0 Å². The second-order valence-corrected chi connectivity index (χ2v) is 5.46. The minimum Gasteiger partial charge on any atom is -0.508 e. The maximum absolute atomic E-state index is 9.32. The minimum atomic E-state index is 0.347. The van der Waals surface area contributed by atoms with Crippen molar-refractivity contribution in [3.63, 3.8) is 0 Å². The van der Waals surface area contributed by atoms with Crippen LogP contribution < -0.4 is 0 Å². The van der Waals surface area contributed by atoms with Gasteiger partial charge in [-0.2, -0.15) is 0 Å². The van der Waals surface area contributed by atoms with Crippen LogP contribution in [-0.2, 0) is 0 Å². The number of phenolic OH excluding ortho intramolecular Hbond substituents is 1. The van der Waals surface area contributed by atoms with Crippen molar-refractivity contribution in [3.05, 3.63) is 35.4 Å². The van der Waals surface area contributed by atoms with Gasteiger partial charge in [0.05, 0.1) is 0 Å². The van der Waals surface area contributed by atoms with Gasteiger partial charge in [0.15, 0.2) is 0 Å². The summed E-state index contributed by atoms with van der Waals surface area (Å²) in [6, 6.07) is 8.23. The van der Waals surface area contributed by atoms with Gasteiger partial charge in [0.2, 0.25) is 0 Å². The molecule has 2 nitrogen and oxygen atoms in total.